The molecule has 0 saturated heterocycles. The van der Waals surface area contributed by atoms with Crippen LogP contribution in [0.2, 0.25) is 0 Å². The van der Waals surface area contributed by atoms with E-state index < -0.39 is 12.0 Å². The lowest BCUT2D eigenvalue weighted by atomic mass is 10.0. The average molecular weight is 201 g/mol. The third kappa shape index (κ3) is 3.77. The molecule has 14 heavy (non-hydrogen) atoms. The van der Waals surface area contributed by atoms with Crippen molar-refractivity contribution in [1.82, 2.24) is 5.32 Å². The van der Waals surface area contributed by atoms with Gasteiger partial charge >= 0.3 is 5.97 Å². The summed E-state index contributed by atoms with van der Waals surface area (Å²) in [5.41, 5.74) is 0. The smallest absolute Gasteiger partial charge is 0.326 e. The maximum atomic E-state index is 11.5. The van der Waals surface area contributed by atoms with Crippen molar-refractivity contribution >= 4 is 11.9 Å². The highest BCUT2D eigenvalue weighted by atomic mass is 16.4. The van der Waals surface area contributed by atoms with E-state index in [-0.39, 0.29) is 11.8 Å². The molecule has 82 valence electrons. The third-order valence-corrected chi connectivity index (χ3v) is 2.38. The van der Waals surface area contributed by atoms with Crippen molar-refractivity contribution in [2.75, 3.05) is 0 Å². The molecule has 1 amide bonds. The summed E-state index contributed by atoms with van der Waals surface area (Å²) in [6.07, 6.45) is 1.91. The SMILES string of the molecule is CCC(CC)C(=O)N[C@H](CC)C(=O)O. The predicted octanol–water partition coefficient (Wildman–Crippen LogP) is 1.40. The molecule has 0 bridgehead atoms. The molecule has 0 unspecified atom stereocenters. The van der Waals surface area contributed by atoms with Crippen LogP contribution in [0.15, 0.2) is 0 Å². The van der Waals surface area contributed by atoms with Crippen LogP contribution in [0.1, 0.15) is 40.0 Å². The largest absolute Gasteiger partial charge is 0.480 e. The molecule has 1 atom stereocenters. The minimum absolute atomic E-state index is 0.0663. The molecule has 0 aromatic heterocycles. The topological polar surface area (TPSA) is 66.4 Å². The van der Waals surface area contributed by atoms with Crippen LogP contribution in [0.25, 0.3) is 0 Å². The molecule has 2 N–H and O–H groups in total. The van der Waals surface area contributed by atoms with Gasteiger partial charge in [-0.3, -0.25) is 4.79 Å². The van der Waals surface area contributed by atoms with Crippen LogP contribution in [0.5, 0.6) is 0 Å². The van der Waals surface area contributed by atoms with Crippen molar-refractivity contribution in [3.05, 3.63) is 0 Å². The Bertz CT molecular complexity index is 200. The number of carboxylic acid groups (broad SMARTS) is 1. The fraction of sp³-hybridized carbons (Fsp3) is 0.800. The van der Waals surface area contributed by atoms with Crippen molar-refractivity contribution < 1.29 is 14.7 Å². The molecule has 0 aromatic rings. The Morgan fingerprint density at radius 2 is 1.64 bits per heavy atom. The summed E-state index contributed by atoms with van der Waals surface area (Å²) < 4.78 is 0. The Morgan fingerprint density at radius 3 is 1.93 bits per heavy atom. The molecule has 0 rings (SSSR count). The van der Waals surface area contributed by atoms with E-state index in [9.17, 15) is 9.59 Å². The van der Waals surface area contributed by atoms with Gasteiger partial charge in [-0.25, -0.2) is 4.79 Å². The first-order valence-electron chi connectivity index (χ1n) is 5.09. The molecular formula is C10H19NO3. The van der Waals surface area contributed by atoms with Crippen LogP contribution in [0.3, 0.4) is 0 Å². The Labute approximate surface area is 84.7 Å². The van der Waals surface area contributed by atoms with Gasteiger partial charge in [-0.1, -0.05) is 20.8 Å². The van der Waals surface area contributed by atoms with E-state index in [2.05, 4.69) is 5.32 Å². The van der Waals surface area contributed by atoms with Crippen molar-refractivity contribution in [3.63, 3.8) is 0 Å². The zero-order chi connectivity index (χ0) is 11.1. The molecule has 0 aliphatic rings. The average Bonchev–Trinajstić information content (AvgIpc) is 2.15. The Morgan fingerprint density at radius 1 is 1.14 bits per heavy atom. The minimum atomic E-state index is -0.966. The van der Waals surface area contributed by atoms with Crippen LogP contribution in [-0.4, -0.2) is 23.0 Å². The first-order chi connectivity index (χ1) is 6.56. The molecule has 4 heteroatoms. The number of carbonyl (C=O) groups excluding carboxylic acids is 1. The van der Waals surface area contributed by atoms with Crippen molar-refractivity contribution in [2.24, 2.45) is 5.92 Å². The van der Waals surface area contributed by atoms with Gasteiger partial charge in [0, 0.05) is 5.92 Å². The maximum absolute atomic E-state index is 11.5. The van der Waals surface area contributed by atoms with Gasteiger partial charge in [-0.2, -0.15) is 0 Å². The van der Waals surface area contributed by atoms with Crippen LogP contribution in [-0.2, 0) is 9.59 Å². The van der Waals surface area contributed by atoms with Gasteiger partial charge in [-0.05, 0) is 19.3 Å². The summed E-state index contributed by atoms with van der Waals surface area (Å²) in [5, 5.41) is 11.3. The van der Waals surface area contributed by atoms with E-state index in [1.807, 2.05) is 13.8 Å². The number of nitrogens with one attached hydrogen (secondary N) is 1. The summed E-state index contributed by atoms with van der Waals surface area (Å²) in [6.45, 7) is 5.59. The molecular weight excluding hydrogens is 182 g/mol. The molecule has 4 nitrogen and oxygen atoms in total. The molecule has 0 aliphatic carbocycles. The van der Waals surface area contributed by atoms with Crippen molar-refractivity contribution in [1.29, 1.82) is 0 Å². The zero-order valence-corrected chi connectivity index (χ0v) is 9.04. The minimum Gasteiger partial charge on any atom is -0.480 e. The molecule has 0 radical (unpaired) electrons. The normalized spacial score (nSPS) is 12.6. The molecule has 0 heterocycles. The van der Waals surface area contributed by atoms with Gasteiger partial charge < -0.3 is 10.4 Å². The van der Waals surface area contributed by atoms with E-state index in [1.54, 1.807) is 6.92 Å². The number of hydrogen-bond donors (Lipinski definition) is 2. The number of carboxylic acids is 1. The van der Waals surface area contributed by atoms with Crippen LogP contribution >= 0.6 is 0 Å². The van der Waals surface area contributed by atoms with Crippen LogP contribution < -0.4 is 5.32 Å². The summed E-state index contributed by atoms with van der Waals surface area (Å²) in [7, 11) is 0. The number of rotatable bonds is 6. The number of carbonyl (C=O) groups is 2. The van der Waals surface area contributed by atoms with Crippen LogP contribution in [0.4, 0.5) is 0 Å². The second-order valence-electron chi connectivity index (χ2n) is 3.32. The van der Waals surface area contributed by atoms with Crippen molar-refractivity contribution in [2.45, 2.75) is 46.1 Å². The van der Waals surface area contributed by atoms with Gasteiger partial charge in [0.15, 0.2) is 0 Å². The number of aliphatic carboxylic acids is 1. The monoisotopic (exact) mass is 201 g/mol. The highest BCUT2D eigenvalue weighted by Gasteiger charge is 2.21. The Balaban J connectivity index is 4.20. The van der Waals surface area contributed by atoms with E-state index in [0.717, 1.165) is 12.8 Å². The quantitative estimate of drug-likeness (QED) is 0.682. The van der Waals surface area contributed by atoms with E-state index in [4.69, 9.17) is 5.11 Å². The molecule has 0 aliphatic heterocycles. The summed E-state index contributed by atoms with van der Waals surface area (Å²) >= 11 is 0. The van der Waals surface area contributed by atoms with Gasteiger partial charge in [0.05, 0.1) is 0 Å². The summed E-state index contributed by atoms with van der Waals surface area (Å²) in [6, 6.07) is -0.747. The first kappa shape index (κ1) is 12.9. The standard InChI is InChI=1S/C10H19NO3/c1-4-7(5-2)9(12)11-8(6-3)10(13)14/h7-8H,4-6H2,1-3H3,(H,11,12)(H,13,14)/t8-/m1/s1. The highest BCUT2D eigenvalue weighted by molar-refractivity contribution is 5.84. The summed E-state index contributed by atoms with van der Waals surface area (Å²) in [5.74, 6) is -1.18. The van der Waals surface area contributed by atoms with E-state index >= 15 is 0 Å². The lowest BCUT2D eigenvalue weighted by Crippen LogP contribution is -2.43. The maximum Gasteiger partial charge on any atom is 0.326 e. The zero-order valence-electron chi connectivity index (χ0n) is 9.04. The van der Waals surface area contributed by atoms with Gasteiger partial charge in [0.2, 0.25) is 5.91 Å². The first-order valence-corrected chi connectivity index (χ1v) is 5.09. The molecule has 0 saturated carbocycles. The highest BCUT2D eigenvalue weighted by Crippen LogP contribution is 2.08. The lowest BCUT2D eigenvalue weighted by Gasteiger charge is -2.16. The lowest BCUT2D eigenvalue weighted by molar-refractivity contribution is -0.142. The number of hydrogen-bond acceptors (Lipinski definition) is 2. The number of amides is 1. The van der Waals surface area contributed by atoms with Gasteiger partial charge in [0.25, 0.3) is 0 Å². The molecule has 0 spiro atoms. The summed E-state index contributed by atoms with van der Waals surface area (Å²) in [4.78, 5) is 22.2. The van der Waals surface area contributed by atoms with Gasteiger partial charge in [0.1, 0.15) is 6.04 Å². The fourth-order valence-corrected chi connectivity index (χ4v) is 1.29. The molecule has 0 aromatic carbocycles. The molecule has 0 fully saturated rings. The Kier molecular flexibility index (Phi) is 5.92. The predicted molar refractivity (Wildman–Crippen MR) is 53.9 cm³/mol. The van der Waals surface area contributed by atoms with E-state index in [0.29, 0.717) is 6.42 Å². The third-order valence-electron chi connectivity index (χ3n) is 2.38. The van der Waals surface area contributed by atoms with Crippen LogP contribution in [0, 0.1) is 5.92 Å². The second-order valence-corrected chi connectivity index (χ2v) is 3.32. The van der Waals surface area contributed by atoms with Crippen molar-refractivity contribution in [3.8, 4) is 0 Å². The fourth-order valence-electron chi connectivity index (χ4n) is 1.29. The Hall–Kier alpha value is -1.06. The van der Waals surface area contributed by atoms with E-state index in [1.165, 1.54) is 0 Å². The van der Waals surface area contributed by atoms with Gasteiger partial charge in [-0.15, -0.1) is 0 Å². The second kappa shape index (κ2) is 6.40.